The van der Waals surface area contributed by atoms with E-state index in [1.165, 1.54) is 41.1 Å². The average Bonchev–Trinajstić information content (AvgIpc) is 3.42. The Morgan fingerprint density at radius 2 is 1.79 bits per heavy atom. The SMILES string of the molecule is [2H]C([2H])([2H])NC(=O)c1cnc(Nc2cc(C)n(C)n2)cc1Nc1cc(F)cc(-c2cc(C(=O)N(C)C)n(C)n2)c1OC. The van der Waals surface area contributed by atoms with Crippen molar-refractivity contribution in [2.24, 2.45) is 14.1 Å². The Morgan fingerprint density at radius 3 is 2.44 bits per heavy atom. The van der Waals surface area contributed by atoms with Crippen molar-refractivity contribution in [3.05, 3.63) is 59.3 Å². The summed E-state index contributed by atoms with van der Waals surface area (Å²) in [5.74, 6) is -0.978. The molecular formula is C26H30FN9O3. The molecule has 13 heteroatoms. The van der Waals surface area contributed by atoms with E-state index in [-0.39, 0.29) is 51.4 Å². The van der Waals surface area contributed by atoms with Crippen molar-refractivity contribution in [2.45, 2.75) is 6.92 Å². The van der Waals surface area contributed by atoms with Gasteiger partial charge in [-0.2, -0.15) is 10.2 Å². The van der Waals surface area contributed by atoms with Crippen LogP contribution in [0.3, 0.4) is 0 Å². The molecule has 3 N–H and O–H groups in total. The van der Waals surface area contributed by atoms with Crippen molar-refractivity contribution >= 4 is 34.8 Å². The van der Waals surface area contributed by atoms with Crippen LogP contribution in [0.25, 0.3) is 11.3 Å². The number of aryl methyl sites for hydroxylation is 3. The molecule has 0 spiro atoms. The van der Waals surface area contributed by atoms with Gasteiger partial charge in [-0.15, -0.1) is 0 Å². The zero-order valence-corrected chi connectivity index (χ0v) is 22.3. The number of carbonyl (C=O) groups excluding carboxylic acids is 2. The van der Waals surface area contributed by atoms with E-state index in [0.717, 1.165) is 11.8 Å². The first-order valence-corrected chi connectivity index (χ1v) is 11.7. The van der Waals surface area contributed by atoms with Gasteiger partial charge in [0.25, 0.3) is 11.8 Å². The fraction of sp³-hybridized carbons (Fsp3) is 0.269. The standard InChI is InChI=1S/C26H30FN9O3/c1-14-8-23(33-35(14)5)31-22-12-18(17(13-29-22)25(37)28-2)30-20-10-15(27)9-16(24(20)39-7)19-11-21(36(6)32-19)26(38)34(3)4/h8-13H,1-7H3,(H,28,37)(H2,29,30,31,33)/i2D3. The molecule has 0 aliphatic heterocycles. The molecule has 0 aliphatic carbocycles. The summed E-state index contributed by atoms with van der Waals surface area (Å²) in [6.45, 7) is -0.892. The first-order valence-electron chi connectivity index (χ1n) is 13.2. The van der Waals surface area contributed by atoms with Crippen molar-refractivity contribution in [1.82, 2.24) is 34.8 Å². The lowest BCUT2D eigenvalue weighted by Crippen LogP contribution is -2.24. The van der Waals surface area contributed by atoms with Crippen molar-refractivity contribution in [3.63, 3.8) is 0 Å². The topological polar surface area (TPSA) is 131 Å². The highest BCUT2D eigenvalue weighted by atomic mass is 19.1. The van der Waals surface area contributed by atoms with E-state index in [4.69, 9.17) is 8.85 Å². The Hall–Kier alpha value is -4.94. The van der Waals surface area contributed by atoms with Gasteiger partial charge in [-0.25, -0.2) is 9.37 Å². The minimum absolute atomic E-state index is 0.0984. The van der Waals surface area contributed by atoms with Gasteiger partial charge in [0.05, 0.1) is 29.7 Å². The third-order valence-electron chi connectivity index (χ3n) is 5.94. The second-order valence-electron chi connectivity index (χ2n) is 8.89. The van der Waals surface area contributed by atoms with Crippen molar-refractivity contribution < 1.29 is 22.8 Å². The molecule has 0 radical (unpaired) electrons. The smallest absolute Gasteiger partial charge is 0.271 e. The number of aromatic nitrogens is 5. The number of nitrogens with zero attached hydrogens (tertiary/aromatic N) is 6. The number of pyridine rings is 1. The molecule has 204 valence electrons. The Balaban J connectivity index is 1.80. The van der Waals surface area contributed by atoms with Crippen LogP contribution in [0.5, 0.6) is 5.75 Å². The average molecular weight is 539 g/mol. The number of nitrogens with one attached hydrogen (secondary N) is 3. The van der Waals surface area contributed by atoms with Crippen LogP contribution in [-0.4, -0.2) is 69.4 Å². The Bertz CT molecular complexity index is 1650. The van der Waals surface area contributed by atoms with Gasteiger partial charge in [0.15, 0.2) is 11.6 Å². The maximum atomic E-state index is 15.0. The van der Waals surface area contributed by atoms with E-state index in [0.29, 0.717) is 5.82 Å². The Labute approximate surface area is 229 Å². The van der Waals surface area contributed by atoms with Gasteiger partial charge in [-0.3, -0.25) is 19.0 Å². The maximum absolute atomic E-state index is 15.0. The largest absolute Gasteiger partial charge is 0.494 e. The zero-order valence-electron chi connectivity index (χ0n) is 25.3. The van der Waals surface area contributed by atoms with E-state index in [1.54, 1.807) is 38.9 Å². The monoisotopic (exact) mass is 538 g/mol. The molecule has 39 heavy (non-hydrogen) atoms. The summed E-state index contributed by atoms with van der Waals surface area (Å²) in [4.78, 5) is 31.1. The second kappa shape index (κ2) is 10.8. The van der Waals surface area contributed by atoms with Crippen LogP contribution in [0.4, 0.5) is 27.4 Å². The van der Waals surface area contributed by atoms with Gasteiger partial charge in [0.1, 0.15) is 17.3 Å². The van der Waals surface area contributed by atoms with Gasteiger partial charge in [0.2, 0.25) is 0 Å². The lowest BCUT2D eigenvalue weighted by molar-refractivity contribution is 0.0816. The quantitative estimate of drug-likeness (QED) is 0.312. The molecule has 2 amide bonds. The van der Waals surface area contributed by atoms with Crippen LogP contribution in [0.2, 0.25) is 0 Å². The molecule has 0 atom stereocenters. The van der Waals surface area contributed by atoms with Gasteiger partial charge >= 0.3 is 0 Å². The molecule has 3 aromatic heterocycles. The van der Waals surface area contributed by atoms with Gasteiger partial charge < -0.3 is 25.6 Å². The summed E-state index contributed by atoms with van der Waals surface area (Å²) in [7, 11) is 7.95. The van der Waals surface area contributed by atoms with E-state index < -0.39 is 18.7 Å². The number of anilines is 4. The molecule has 0 bridgehead atoms. The summed E-state index contributed by atoms with van der Waals surface area (Å²) in [6.07, 6.45) is 1.19. The molecule has 3 heterocycles. The number of amides is 2. The summed E-state index contributed by atoms with van der Waals surface area (Å²) in [5, 5.41) is 16.7. The highest BCUT2D eigenvalue weighted by Crippen LogP contribution is 2.39. The first kappa shape index (κ1) is 23.2. The van der Waals surface area contributed by atoms with E-state index in [1.807, 2.05) is 12.2 Å². The number of hydrogen-bond donors (Lipinski definition) is 3. The van der Waals surface area contributed by atoms with E-state index in [9.17, 15) is 9.59 Å². The van der Waals surface area contributed by atoms with Crippen LogP contribution in [0.15, 0.2) is 36.5 Å². The van der Waals surface area contributed by atoms with E-state index in [2.05, 4.69) is 25.8 Å². The predicted octanol–water partition coefficient (Wildman–Crippen LogP) is 3.22. The number of hydrogen-bond acceptors (Lipinski definition) is 8. The summed E-state index contributed by atoms with van der Waals surface area (Å²) < 4.78 is 46.0. The van der Waals surface area contributed by atoms with Crippen molar-refractivity contribution in [1.29, 1.82) is 0 Å². The molecule has 0 unspecified atom stereocenters. The highest BCUT2D eigenvalue weighted by Gasteiger charge is 2.22. The number of carbonyl (C=O) groups is 2. The van der Waals surface area contributed by atoms with Gasteiger partial charge in [-0.05, 0) is 19.1 Å². The van der Waals surface area contributed by atoms with Crippen LogP contribution in [0, 0.1) is 12.7 Å². The van der Waals surface area contributed by atoms with Crippen LogP contribution < -0.4 is 20.7 Å². The molecule has 4 rings (SSSR count). The van der Waals surface area contributed by atoms with Gasteiger partial charge in [-0.1, -0.05) is 0 Å². The lowest BCUT2D eigenvalue weighted by atomic mass is 10.1. The third-order valence-corrected chi connectivity index (χ3v) is 5.94. The molecule has 1 aromatic carbocycles. The Morgan fingerprint density at radius 1 is 1.03 bits per heavy atom. The highest BCUT2D eigenvalue weighted by molar-refractivity contribution is 6.01. The summed E-state index contributed by atoms with van der Waals surface area (Å²) in [5.41, 5.74) is 1.73. The third kappa shape index (κ3) is 5.51. The molecule has 0 fully saturated rings. The number of halogens is 1. The van der Waals surface area contributed by atoms with E-state index >= 15 is 4.39 Å². The molecule has 4 aromatic rings. The molecule has 0 saturated heterocycles. The Kier molecular flexibility index (Phi) is 6.43. The molecular weight excluding hydrogens is 505 g/mol. The second-order valence-corrected chi connectivity index (χ2v) is 8.89. The fourth-order valence-corrected chi connectivity index (χ4v) is 3.90. The number of rotatable bonds is 8. The normalized spacial score (nSPS) is 12.2. The van der Waals surface area contributed by atoms with Crippen molar-refractivity contribution in [3.8, 4) is 17.0 Å². The summed E-state index contributed by atoms with van der Waals surface area (Å²) in [6, 6.07) is 7.12. The fourth-order valence-electron chi connectivity index (χ4n) is 3.90. The number of benzene rings is 1. The van der Waals surface area contributed by atoms with Crippen molar-refractivity contribution in [2.75, 3.05) is 38.8 Å². The van der Waals surface area contributed by atoms with Crippen LogP contribution in [0.1, 0.15) is 30.7 Å². The predicted molar refractivity (Wildman–Crippen MR) is 145 cm³/mol. The zero-order chi connectivity index (χ0) is 30.9. The molecule has 0 aliphatic rings. The van der Waals surface area contributed by atoms with Crippen LogP contribution in [-0.2, 0) is 14.1 Å². The number of methoxy groups -OCH3 is 1. The first-order chi connectivity index (χ1) is 19.7. The molecule has 12 nitrogen and oxygen atoms in total. The summed E-state index contributed by atoms with van der Waals surface area (Å²) >= 11 is 0. The maximum Gasteiger partial charge on any atom is 0.271 e. The number of ether oxygens (including phenoxy) is 1. The minimum Gasteiger partial charge on any atom is -0.494 e. The molecule has 0 saturated carbocycles. The minimum atomic E-state index is -2.76. The lowest BCUT2D eigenvalue weighted by Gasteiger charge is -2.17. The van der Waals surface area contributed by atoms with Gasteiger partial charge in [0, 0.05) is 74.9 Å². The van der Waals surface area contributed by atoms with Crippen LogP contribution >= 0.6 is 0 Å².